The second-order valence-corrected chi connectivity index (χ2v) is 6.50. The third kappa shape index (κ3) is 2.86. The predicted molar refractivity (Wildman–Crippen MR) is 100 cm³/mol. The van der Waals surface area contributed by atoms with Crippen LogP contribution in [0.5, 0.6) is 5.75 Å². The summed E-state index contributed by atoms with van der Waals surface area (Å²) in [6.45, 7) is 2.64. The first-order valence-corrected chi connectivity index (χ1v) is 8.74. The Morgan fingerprint density at radius 2 is 2.00 bits per heavy atom. The number of hydrogen-bond acceptors (Lipinski definition) is 3. The summed E-state index contributed by atoms with van der Waals surface area (Å²) in [4.78, 5) is 22.7. The van der Waals surface area contributed by atoms with E-state index in [2.05, 4.69) is 9.97 Å². The molecule has 1 fully saturated rings. The highest BCUT2D eigenvalue weighted by molar-refractivity contribution is 5.95. The van der Waals surface area contributed by atoms with Gasteiger partial charge >= 0.3 is 0 Å². The number of benzene rings is 2. The Morgan fingerprint density at radius 3 is 2.69 bits per heavy atom. The lowest BCUT2D eigenvalue weighted by Gasteiger charge is -2.41. The number of aryl methyl sites for hydroxylation is 1. The molecule has 0 saturated carbocycles. The monoisotopic (exact) mass is 347 g/mol. The van der Waals surface area contributed by atoms with E-state index in [9.17, 15) is 4.79 Å². The maximum absolute atomic E-state index is 13.0. The Bertz CT molecular complexity index is 933. The molecule has 0 bridgehead atoms. The summed E-state index contributed by atoms with van der Waals surface area (Å²) in [6.07, 6.45) is 0.952. The van der Waals surface area contributed by atoms with Crippen LogP contribution in [0.15, 0.2) is 54.6 Å². The molecule has 1 saturated heterocycles. The normalized spacial score (nSPS) is 16.2. The molecule has 1 aliphatic heterocycles. The van der Waals surface area contributed by atoms with Gasteiger partial charge in [-0.1, -0.05) is 42.5 Å². The topological polar surface area (TPSA) is 58.2 Å². The van der Waals surface area contributed by atoms with Crippen molar-refractivity contribution < 1.29 is 9.53 Å². The smallest absolute Gasteiger partial charge is 0.274 e. The third-order valence-corrected chi connectivity index (χ3v) is 4.89. The lowest BCUT2D eigenvalue weighted by Crippen LogP contribution is -2.45. The molecule has 3 aromatic rings. The van der Waals surface area contributed by atoms with Crippen LogP contribution in [-0.4, -0.2) is 34.4 Å². The number of carbonyl (C=O) groups is 1. The second-order valence-electron chi connectivity index (χ2n) is 6.50. The highest BCUT2D eigenvalue weighted by atomic mass is 16.5. The summed E-state index contributed by atoms with van der Waals surface area (Å²) in [5, 5.41) is 0. The minimum atomic E-state index is -0.0278. The number of aromatic nitrogens is 2. The molecular weight excluding hydrogens is 326 g/mol. The van der Waals surface area contributed by atoms with Crippen LogP contribution in [0.3, 0.4) is 0 Å². The Hall–Kier alpha value is -3.08. The van der Waals surface area contributed by atoms with Gasteiger partial charge in [0.15, 0.2) is 0 Å². The van der Waals surface area contributed by atoms with E-state index in [1.165, 1.54) is 0 Å². The summed E-state index contributed by atoms with van der Waals surface area (Å²) in [7, 11) is 1.65. The average molecular weight is 347 g/mol. The van der Waals surface area contributed by atoms with E-state index >= 15 is 0 Å². The summed E-state index contributed by atoms with van der Waals surface area (Å²) in [6, 6.07) is 17.8. The minimum absolute atomic E-state index is 0.0278. The van der Waals surface area contributed by atoms with Crippen molar-refractivity contribution in [1.82, 2.24) is 14.9 Å². The Labute approximate surface area is 152 Å². The van der Waals surface area contributed by atoms with Gasteiger partial charge in [-0.25, -0.2) is 4.98 Å². The van der Waals surface area contributed by atoms with Crippen LogP contribution in [0.25, 0.3) is 11.4 Å². The number of methoxy groups -OCH3 is 1. The largest absolute Gasteiger partial charge is 0.497 e. The highest BCUT2D eigenvalue weighted by Gasteiger charge is 2.35. The zero-order valence-electron chi connectivity index (χ0n) is 14.9. The van der Waals surface area contributed by atoms with Crippen LogP contribution < -0.4 is 4.74 Å². The number of H-pyrrole nitrogens is 1. The first kappa shape index (κ1) is 16.4. The van der Waals surface area contributed by atoms with Crippen molar-refractivity contribution in [3.63, 3.8) is 0 Å². The van der Waals surface area contributed by atoms with Gasteiger partial charge in [-0.05, 0) is 31.0 Å². The fourth-order valence-corrected chi connectivity index (χ4v) is 3.36. The molecule has 4 rings (SSSR count). The van der Waals surface area contributed by atoms with E-state index in [0.29, 0.717) is 5.69 Å². The number of imidazole rings is 1. The van der Waals surface area contributed by atoms with Gasteiger partial charge in [0.1, 0.15) is 17.3 Å². The van der Waals surface area contributed by atoms with Gasteiger partial charge in [-0.2, -0.15) is 0 Å². The van der Waals surface area contributed by atoms with Crippen molar-refractivity contribution in [2.75, 3.05) is 13.7 Å². The minimum Gasteiger partial charge on any atom is -0.497 e. The standard InChI is InChI=1S/C21H21N3O2/c1-14-19(23-20(22-14)15-7-4-3-5-8-15)21(25)24-12-11-18(24)16-9-6-10-17(13-16)26-2/h3-10,13,18H,11-12H2,1-2H3,(H,22,23). The van der Waals surface area contributed by atoms with Crippen LogP contribution in [0, 0.1) is 6.92 Å². The first-order valence-electron chi connectivity index (χ1n) is 8.74. The number of nitrogens with zero attached hydrogens (tertiary/aromatic N) is 2. The van der Waals surface area contributed by atoms with E-state index < -0.39 is 0 Å². The molecule has 0 radical (unpaired) electrons. The highest BCUT2D eigenvalue weighted by Crippen LogP contribution is 2.36. The number of amides is 1. The van der Waals surface area contributed by atoms with Crippen molar-refractivity contribution in [1.29, 1.82) is 0 Å². The molecule has 0 aliphatic carbocycles. The lowest BCUT2D eigenvalue weighted by molar-refractivity contribution is 0.0453. The van der Waals surface area contributed by atoms with E-state index in [1.807, 2.05) is 66.4 Å². The molecule has 2 aromatic carbocycles. The summed E-state index contributed by atoms with van der Waals surface area (Å²) in [5.74, 6) is 1.51. The molecule has 26 heavy (non-hydrogen) atoms. The molecule has 1 aromatic heterocycles. The van der Waals surface area contributed by atoms with Crippen molar-refractivity contribution in [3.8, 4) is 17.1 Å². The molecule has 1 amide bonds. The number of likely N-dealkylation sites (tertiary alicyclic amines) is 1. The van der Waals surface area contributed by atoms with Gasteiger partial charge in [0.25, 0.3) is 5.91 Å². The number of carbonyl (C=O) groups excluding carboxylic acids is 1. The SMILES string of the molecule is COc1cccc(C2CCN2C(=O)c2nc(-c3ccccc3)[nH]c2C)c1. The molecular formula is C21H21N3O2. The van der Waals surface area contributed by atoms with Gasteiger partial charge in [0.2, 0.25) is 0 Å². The molecule has 1 unspecified atom stereocenters. The zero-order valence-corrected chi connectivity index (χ0v) is 14.9. The lowest BCUT2D eigenvalue weighted by atomic mass is 9.94. The number of nitrogens with one attached hydrogen (secondary N) is 1. The third-order valence-electron chi connectivity index (χ3n) is 4.89. The molecule has 5 heteroatoms. The van der Waals surface area contributed by atoms with Crippen molar-refractivity contribution in [3.05, 3.63) is 71.5 Å². The van der Waals surface area contributed by atoms with E-state index in [-0.39, 0.29) is 11.9 Å². The van der Waals surface area contributed by atoms with E-state index in [4.69, 9.17) is 4.74 Å². The second kappa shape index (κ2) is 6.67. The zero-order chi connectivity index (χ0) is 18.1. The number of ether oxygens (including phenoxy) is 1. The Balaban J connectivity index is 1.59. The molecule has 1 atom stereocenters. The maximum atomic E-state index is 13.0. The molecule has 5 nitrogen and oxygen atoms in total. The number of aromatic amines is 1. The van der Waals surface area contributed by atoms with Crippen molar-refractivity contribution >= 4 is 5.91 Å². The molecule has 2 heterocycles. The predicted octanol–water partition coefficient (Wildman–Crippen LogP) is 3.98. The summed E-state index contributed by atoms with van der Waals surface area (Å²) < 4.78 is 5.30. The Morgan fingerprint density at radius 1 is 1.19 bits per heavy atom. The molecule has 132 valence electrons. The van der Waals surface area contributed by atoms with E-state index in [1.54, 1.807) is 7.11 Å². The summed E-state index contributed by atoms with van der Waals surface area (Å²) >= 11 is 0. The van der Waals surface area contributed by atoms with Crippen molar-refractivity contribution in [2.24, 2.45) is 0 Å². The van der Waals surface area contributed by atoms with Gasteiger partial charge in [0, 0.05) is 17.8 Å². The fraction of sp³-hybridized carbons (Fsp3) is 0.238. The molecule has 1 aliphatic rings. The fourth-order valence-electron chi connectivity index (χ4n) is 3.36. The number of hydrogen-bond donors (Lipinski definition) is 1. The maximum Gasteiger partial charge on any atom is 0.274 e. The molecule has 0 spiro atoms. The van der Waals surface area contributed by atoms with Crippen LogP contribution in [-0.2, 0) is 0 Å². The average Bonchev–Trinajstić information content (AvgIpc) is 3.03. The van der Waals surface area contributed by atoms with Crippen LogP contribution >= 0.6 is 0 Å². The Kier molecular flexibility index (Phi) is 4.21. The first-order chi connectivity index (χ1) is 12.7. The number of rotatable bonds is 4. The molecule has 1 N–H and O–H groups in total. The van der Waals surface area contributed by atoms with E-state index in [0.717, 1.165) is 41.4 Å². The summed E-state index contributed by atoms with van der Waals surface area (Å²) in [5.41, 5.74) is 3.37. The van der Waals surface area contributed by atoms with Crippen LogP contribution in [0.1, 0.15) is 34.2 Å². The quantitative estimate of drug-likeness (QED) is 0.776. The van der Waals surface area contributed by atoms with Crippen LogP contribution in [0.4, 0.5) is 0 Å². The van der Waals surface area contributed by atoms with Crippen molar-refractivity contribution in [2.45, 2.75) is 19.4 Å². The van der Waals surface area contributed by atoms with Gasteiger partial charge in [-0.15, -0.1) is 0 Å². The van der Waals surface area contributed by atoms with Crippen LogP contribution in [0.2, 0.25) is 0 Å². The van der Waals surface area contributed by atoms with Gasteiger partial charge < -0.3 is 14.6 Å². The van der Waals surface area contributed by atoms with Gasteiger partial charge in [-0.3, -0.25) is 4.79 Å². The van der Waals surface area contributed by atoms with Gasteiger partial charge in [0.05, 0.1) is 13.2 Å².